The highest BCUT2D eigenvalue weighted by Crippen LogP contribution is 2.54. The topological polar surface area (TPSA) is 27.8 Å². The fourth-order valence-corrected chi connectivity index (χ4v) is 10.5. The number of aromatic nitrogens is 1. The molecule has 15 rings (SSSR count). The van der Waals surface area contributed by atoms with E-state index in [9.17, 15) is 35.6 Å². The van der Waals surface area contributed by atoms with Crippen molar-refractivity contribution in [2.75, 3.05) is 14.7 Å². The number of benzene rings is 10. The lowest BCUT2D eigenvalue weighted by Crippen LogP contribution is -2.62. The van der Waals surface area contributed by atoms with E-state index in [1.54, 1.807) is 62.3 Å². The molecule has 0 spiro atoms. The van der Waals surface area contributed by atoms with Crippen molar-refractivity contribution in [2.45, 2.75) is 78.6 Å². The lowest BCUT2D eigenvalue weighted by Gasteiger charge is -2.47. The highest BCUT2D eigenvalue weighted by molar-refractivity contribution is 7.00. The largest absolute Gasteiger partial charge is 0.456 e. The predicted octanol–water partition coefficient (Wildman–Crippen LogP) is 18.1. The second-order valence-electron chi connectivity index (χ2n) is 22.3. The molecule has 0 amide bonds. The zero-order chi connectivity index (χ0) is 82.7. The van der Waals surface area contributed by atoms with Gasteiger partial charge in [0, 0.05) is 61.4 Å². The molecule has 0 unspecified atom stereocenters. The molecule has 378 valence electrons. The summed E-state index contributed by atoms with van der Waals surface area (Å²) in [4.78, 5) is 2.47. The van der Waals surface area contributed by atoms with Crippen molar-refractivity contribution in [2.24, 2.45) is 0 Å². The molecule has 0 saturated carbocycles. The second-order valence-corrected chi connectivity index (χ2v) is 22.3. The smallest absolute Gasteiger partial charge is 0.252 e. The summed E-state index contributed by atoms with van der Waals surface area (Å²) < 4.78 is 341. The van der Waals surface area contributed by atoms with Crippen molar-refractivity contribution < 1.29 is 51.0 Å². The van der Waals surface area contributed by atoms with Crippen molar-refractivity contribution in [1.29, 1.82) is 0 Å². The Hall–Kier alpha value is -8.74. The Morgan fingerprint density at radius 3 is 1.71 bits per heavy atom. The van der Waals surface area contributed by atoms with E-state index >= 15 is 0 Å². The van der Waals surface area contributed by atoms with Gasteiger partial charge in [-0.25, -0.2) is 0 Å². The molecule has 0 atom stereocenters. The summed E-state index contributed by atoms with van der Waals surface area (Å²) in [5, 5.41) is -1.84. The number of fused-ring (bicyclic) bond motifs is 12. The van der Waals surface area contributed by atoms with Crippen LogP contribution in [-0.4, -0.2) is 11.3 Å². The molecule has 5 nitrogen and oxygen atoms in total. The summed E-state index contributed by atoms with van der Waals surface area (Å²) in [5.41, 5.74) is -17.6. The van der Waals surface area contributed by atoms with Crippen LogP contribution in [0, 0.1) is 0 Å². The van der Waals surface area contributed by atoms with Crippen LogP contribution >= 0.6 is 0 Å². The zero-order valence-electron chi connectivity index (χ0n) is 77.3. The summed E-state index contributed by atoms with van der Waals surface area (Å²) in [7, 11) is 0. The van der Waals surface area contributed by atoms with E-state index in [-0.39, 0.29) is 22.2 Å². The van der Waals surface area contributed by atoms with Gasteiger partial charge in [-0.15, -0.1) is 0 Å². The Morgan fingerprint density at radius 2 is 1.01 bits per heavy atom. The highest BCUT2D eigenvalue weighted by Gasteiger charge is 2.47. The Bertz CT molecular complexity index is 6370. The van der Waals surface area contributed by atoms with Crippen molar-refractivity contribution in [3.05, 3.63) is 222 Å². The molecule has 2 aromatic heterocycles. The van der Waals surface area contributed by atoms with Gasteiger partial charge in [0.15, 0.2) is 0 Å². The first-order valence-corrected chi connectivity index (χ1v) is 25.0. The molecule has 6 heteroatoms. The third-order valence-electron chi connectivity index (χ3n) is 14.2. The maximum atomic E-state index is 11.2. The Balaban J connectivity index is 1.21. The van der Waals surface area contributed by atoms with Gasteiger partial charge in [-0.05, 0) is 151 Å². The average molecular weight is 1040 g/mol. The normalized spacial score (nSPS) is 19.7. The van der Waals surface area contributed by atoms with E-state index in [0.717, 1.165) is 14.4 Å². The van der Waals surface area contributed by atoms with Crippen molar-refractivity contribution in [1.82, 2.24) is 4.57 Å². The van der Waals surface area contributed by atoms with Gasteiger partial charge >= 0.3 is 0 Å². The standard InChI is InChI=1S/C72H61BN4O/c1-70(2,3)45-29-35-48(36-30-45)74(49-37-31-46(32-38-49)71(4,5)6)51-39-40-56-61(43-51)75(50-33-27-44(28-34-50)52-19-15-26-65-66(52)55-18-11-13-25-64(55)78-65)62-41-47(72(7,8)9)42-63-67(62)73(56)57-21-16-24-60-69(57)77(63)59-23-14-20-54-53-17-10-12-22-58(53)76(60)68(54)59/h10-43H,1-9H3/i10D,11D,12D,13D,14D,15D,16D,17D,18D,19D,20D,21D,22D,23D,24D,25D,26D,27D,28D,29D,30D,31D,32D,33D,34D,35D,36D,37D,38D,39D,40D,41D,42D,43D. The summed E-state index contributed by atoms with van der Waals surface area (Å²) >= 11 is 0. The van der Waals surface area contributed by atoms with Crippen LogP contribution in [0.25, 0.3) is 60.6 Å². The minimum absolute atomic E-state index is 0.186. The molecule has 0 saturated heterocycles. The van der Waals surface area contributed by atoms with E-state index in [2.05, 4.69) is 0 Å². The minimum atomic E-state index is -2.14. The van der Waals surface area contributed by atoms with Crippen LogP contribution in [0.3, 0.4) is 0 Å². The van der Waals surface area contributed by atoms with E-state index in [4.69, 9.17) is 15.4 Å². The predicted molar refractivity (Wildman–Crippen MR) is 332 cm³/mol. The monoisotopic (exact) mass is 1040 g/mol. The first kappa shape index (κ1) is 23.5. The summed E-state index contributed by atoms with van der Waals surface area (Å²) in [5.74, 6) is 0. The maximum absolute atomic E-state index is 11.2. The molecule has 5 heterocycles. The second kappa shape index (κ2) is 16.4. The fourth-order valence-electron chi connectivity index (χ4n) is 10.5. The Kier molecular flexibility index (Phi) is 4.93. The Morgan fingerprint density at radius 1 is 0.436 bits per heavy atom. The van der Waals surface area contributed by atoms with E-state index in [0.29, 0.717) is 4.90 Å². The van der Waals surface area contributed by atoms with Gasteiger partial charge in [-0.1, -0.05) is 177 Å². The molecule has 0 N–H and O–H groups in total. The maximum Gasteiger partial charge on any atom is 0.252 e. The van der Waals surface area contributed by atoms with Crippen LogP contribution in [0.1, 0.15) is 126 Å². The van der Waals surface area contributed by atoms with Crippen LogP contribution in [0.2, 0.25) is 0 Å². The van der Waals surface area contributed by atoms with Crippen LogP contribution in [0.15, 0.2) is 210 Å². The van der Waals surface area contributed by atoms with Gasteiger partial charge in [0.2, 0.25) is 0 Å². The van der Waals surface area contributed by atoms with Crippen molar-refractivity contribution in [3.8, 4) is 16.8 Å². The summed E-state index contributed by atoms with van der Waals surface area (Å²) in [6.07, 6.45) is 0. The van der Waals surface area contributed by atoms with E-state index < -0.39 is 351 Å². The van der Waals surface area contributed by atoms with Gasteiger partial charge in [-0.3, -0.25) is 0 Å². The van der Waals surface area contributed by atoms with Gasteiger partial charge in [0.1, 0.15) is 11.2 Å². The molecule has 0 fully saturated rings. The van der Waals surface area contributed by atoms with Crippen molar-refractivity contribution >= 4 is 118 Å². The number of anilines is 9. The van der Waals surface area contributed by atoms with E-state index in [1.165, 1.54) is 0 Å². The van der Waals surface area contributed by atoms with Crippen LogP contribution in [0.5, 0.6) is 0 Å². The number of para-hydroxylation sites is 4. The quantitative estimate of drug-likeness (QED) is 0.161. The van der Waals surface area contributed by atoms with Crippen LogP contribution in [0.4, 0.5) is 51.2 Å². The third kappa shape index (κ3) is 6.81. The van der Waals surface area contributed by atoms with Gasteiger partial charge in [-0.2, -0.15) is 0 Å². The molecule has 78 heavy (non-hydrogen) atoms. The lowest BCUT2D eigenvalue weighted by atomic mass is 9.33. The lowest BCUT2D eigenvalue weighted by molar-refractivity contribution is 0.590. The molecule has 0 radical (unpaired) electrons. The van der Waals surface area contributed by atoms with Gasteiger partial charge in [0.25, 0.3) is 6.71 Å². The molecule has 3 aliphatic rings. The SMILES string of the molecule is [2H]c1c([2H])c2c3c(c1[2H])-n1c4c([2H])c([2H])c([2H])c([2H])c4c4c([2H])c([2H])c([2H])c(c41)N3c1c([2H])c(C(C)(C)C)c([2H])c3c1B2c1c([2H])c([2H])c(N(c2c([2H])c([2H])c(C(C)(C)C)c([2H])c2[2H])c2c([2H])c([2H])c(C(C)(C)C)c([2H])c2[2H])c([2H])c1N3c1c([2H])c([2H])c(-c2c([2H])c([2H])c([2H])c3oc4c([2H])c([2H])c([2H])c([2H])c4c23)c([2H])c1[2H]. The molecule has 3 aliphatic heterocycles. The first-order chi connectivity index (χ1) is 51.8. The summed E-state index contributed by atoms with van der Waals surface area (Å²) in [6.45, 7) is 12.0. The molecule has 10 aromatic carbocycles. The number of nitrogens with zero attached hydrogens (tertiary/aromatic N) is 4. The van der Waals surface area contributed by atoms with E-state index in [1.807, 2.05) is 0 Å². The third-order valence-corrected chi connectivity index (χ3v) is 14.2. The molecular formula is C72H61BN4O. The van der Waals surface area contributed by atoms with Crippen LogP contribution in [-0.2, 0) is 16.2 Å². The van der Waals surface area contributed by atoms with Gasteiger partial charge in [0.05, 0.1) is 74.7 Å². The fraction of sp³-hybridized carbons (Fsp3) is 0.167. The summed E-state index contributed by atoms with van der Waals surface area (Å²) in [6, 6.07) is -31.0. The molecule has 0 aliphatic carbocycles. The number of rotatable bonds is 5. The average Bonchev–Trinajstić information content (AvgIpc) is 1.36. The van der Waals surface area contributed by atoms with Crippen molar-refractivity contribution in [3.63, 3.8) is 0 Å². The number of hydrogen-bond donors (Lipinski definition) is 0. The zero-order valence-corrected chi connectivity index (χ0v) is 43.3. The van der Waals surface area contributed by atoms with Gasteiger partial charge < -0.3 is 23.7 Å². The highest BCUT2D eigenvalue weighted by atomic mass is 16.3. The number of hydrogen-bond acceptors (Lipinski definition) is 4. The molecule has 12 aromatic rings. The van der Waals surface area contributed by atoms with Crippen LogP contribution < -0.4 is 31.1 Å². The molecule has 0 bridgehead atoms. The Labute approximate surface area is 505 Å². The minimum Gasteiger partial charge on any atom is -0.456 e. The number of furan rings is 1. The molecular weight excluding hydrogens is 948 g/mol. The first-order valence-electron chi connectivity index (χ1n) is 42.0.